The number of allylic oxidation sites excluding steroid dienone is 2. The van der Waals surface area contributed by atoms with Crippen LogP contribution in [0.5, 0.6) is 0 Å². The first-order valence-corrected chi connectivity index (χ1v) is 22.1. The number of fused-ring (bicyclic) bond motifs is 10. The summed E-state index contributed by atoms with van der Waals surface area (Å²) < 4.78 is 0. The molecule has 3 heteroatoms. The molecule has 64 heavy (non-hydrogen) atoms. The number of para-hydroxylation sites is 3. The van der Waals surface area contributed by atoms with Gasteiger partial charge in [0.25, 0.3) is 0 Å². The Labute approximate surface area is 375 Å². The van der Waals surface area contributed by atoms with Gasteiger partial charge in [0.05, 0.1) is 28.4 Å². The van der Waals surface area contributed by atoms with Crippen molar-refractivity contribution in [1.82, 2.24) is 0 Å². The van der Waals surface area contributed by atoms with Crippen LogP contribution in [0.15, 0.2) is 231 Å². The van der Waals surface area contributed by atoms with Crippen LogP contribution in [0.3, 0.4) is 0 Å². The van der Waals surface area contributed by atoms with Crippen LogP contribution in [0.1, 0.15) is 41.7 Å². The Bertz CT molecular complexity index is 3310. The van der Waals surface area contributed by atoms with Crippen molar-refractivity contribution in [2.75, 3.05) is 14.9 Å². The van der Waals surface area contributed by atoms with Gasteiger partial charge in [0, 0.05) is 44.6 Å². The molecule has 12 rings (SSSR count). The minimum atomic E-state index is -0.0897. The summed E-state index contributed by atoms with van der Waals surface area (Å²) in [5, 5.41) is 4.82. The first-order chi connectivity index (χ1) is 31.5. The number of hydrogen-bond acceptors (Lipinski definition) is 3. The number of anilines is 6. The van der Waals surface area contributed by atoms with E-state index in [0.29, 0.717) is 0 Å². The maximum atomic E-state index is 4.85. The highest BCUT2D eigenvalue weighted by Crippen LogP contribution is 2.56. The van der Waals surface area contributed by atoms with E-state index >= 15 is 0 Å². The third-order valence-electron chi connectivity index (χ3n) is 13.5. The summed E-state index contributed by atoms with van der Waals surface area (Å²) in [6.45, 7) is 9.54. The van der Waals surface area contributed by atoms with E-state index in [0.717, 1.165) is 67.5 Å². The molecule has 304 valence electrons. The van der Waals surface area contributed by atoms with Gasteiger partial charge in [-0.05, 0) is 99.1 Å². The average Bonchev–Trinajstić information content (AvgIpc) is 3.52. The lowest BCUT2D eigenvalue weighted by Crippen LogP contribution is -2.40. The van der Waals surface area contributed by atoms with Crippen LogP contribution in [0.4, 0.5) is 34.1 Å². The highest BCUT2D eigenvalue weighted by molar-refractivity contribution is 6.23. The molecule has 0 fully saturated rings. The maximum absolute atomic E-state index is 4.85. The van der Waals surface area contributed by atoms with E-state index in [2.05, 4.69) is 253 Å². The zero-order chi connectivity index (χ0) is 42.9. The molecule has 3 aliphatic rings. The quantitative estimate of drug-likeness (QED) is 0.165. The molecule has 9 aromatic rings. The number of hydrogen-bond donors (Lipinski definition) is 0. The lowest BCUT2D eigenvalue weighted by atomic mass is 9.82. The van der Waals surface area contributed by atoms with Crippen molar-refractivity contribution in [3.63, 3.8) is 0 Å². The third kappa shape index (κ3) is 5.74. The molecule has 0 N–H and O–H groups in total. The van der Waals surface area contributed by atoms with Crippen molar-refractivity contribution >= 4 is 51.0 Å². The van der Waals surface area contributed by atoms with Gasteiger partial charge in [0.2, 0.25) is 0 Å². The lowest BCUT2D eigenvalue weighted by molar-refractivity contribution is 0.660. The lowest BCUT2D eigenvalue weighted by Gasteiger charge is -2.43. The van der Waals surface area contributed by atoms with E-state index in [1.165, 1.54) is 44.6 Å². The summed E-state index contributed by atoms with van der Waals surface area (Å²) >= 11 is 0. The highest BCUT2D eigenvalue weighted by atomic mass is 15.6. The molecule has 0 atom stereocenters. The monoisotopic (exact) mass is 819 g/mol. The molecular formula is C61H45N3. The smallest absolute Gasteiger partial charge is 0.0800 e. The van der Waals surface area contributed by atoms with Crippen LogP contribution in [-0.2, 0) is 5.41 Å². The predicted octanol–water partition coefficient (Wildman–Crippen LogP) is 16.3. The van der Waals surface area contributed by atoms with Gasteiger partial charge < -0.3 is 4.90 Å². The fraction of sp³-hybridized carbons (Fsp3) is 0.0492. The molecule has 1 aliphatic carbocycles. The van der Waals surface area contributed by atoms with Crippen LogP contribution in [0, 0.1) is 0 Å². The van der Waals surface area contributed by atoms with Gasteiger partial charge >= 0.3 is 0 Å². The van der Waals surface area contributed by atoms with Gasteiger partial charge in [-0.25, -0.2) is 10.0 Å². The Morgan fingerprint density at radius 2 is 0.906 bits per heavy atom. The standard InChI is InChI=1S/C61H45N3/c1-41-48-23-13-16-30-55(48)63(64-56-31-17-14-25-50(56)49-24-10-11-26-51(49)60(64)58(41)44-19-6-4-7-20-44)47-39-35-43(36-40-47)42-33-37-46(38-34-42)62(45-21-8-5-9-22-45)57-32-18-29-54-59(57)52-27-12-15-28-53(52)61(54,2)3/h4-40H,1H2,2-3H3. The van der Waals surface area contributed by atoms with E-state index in [9.17, 15) is 0 Å². The molecule has 0 unspecified atom stereocenters. The summed E-state index contributed by atoms with van der Waals surface area (Å²) in [4.78, 5) is 2.41. The predicted molar refractivity (Wildman–Crippen MR) is 269 cm³/mol. The van der Waals surface area contributed by atoms with E-state index in [1.807, 2.05) is 0 Å². The van der Waals surface area contributed by atoms with Gasteiger partial charge in [-0.2, -0.15) is 0 Å². The molecule has 0 radical (unpaired) electrons. The number of hydrazine groups is 1. The summed E-state index contributed by atoms with van der Waals surface area (Å²) in [5.41, 5.74) is 23.3. The molecule has 3 nitrogen and oxygen atoms in total. The number of rotatable bonds is 6. The molecule has 0 spiro atoms. The SMILES string of the molecule is C=C1C(c2ccccc2)=C2c3ccccc3-c3ccccc3N2N(c2ccc(-c3ccc(N(c4ccccc4)c4cccc5c4-c4ccccc4C5(C)C)cc3)cc2)c2ccccc21. The first kappa shape index (κ1) is 37.6. The summed E-state index contributed by atoms with van der Waals surface area (Å²) in [6.07, 6.45) is 0. The Morgan fingerprint density at radius 1 is 0.391 bits per heavy atom. The van der Waals surface area contributed by atoms with Crippen LogP contribution in [-0.4, -0.2) is 0 Å². The molecule has 0 saturated heterocycles. The first-order valence-electron chi connectivity index (χ1n) is 22.1. The molecule has 0 bridgehead atoms. The van der Waals surface area contributed by atoms with Gasteiger partial charge in [-0.15, -0.1) is 0 Å². The topological polar surface area (TPSA) is 9.72 Å². The fourth-order valence-electron chi connectivity index (χ4n) is 10.5. The molecular weight excluding hydrogens is 775 g/mol. The number of nitrogens with zero attached hydrogens (tertiary/aromatic N) is 3. The zero-order valence-corrected chi connectivity index (χ0v) is 35.9. The minimum Gasteiger partial charge on any atom is -0.310 e. The van der Waals surface area contributed by atoms with Crippen LogP contribution >= 0.6 is 0 Å². The van der Waals surface area contributed by atoms with Gasteiger partial charge in [0.1, 0.15) is 0 Å². The highest BCUT2D eigenvalue weighted by Gasteiger charge is 2.39. The fourth-order valence-corrected chi connectivity index (χ4v) is 10.5. The maximum Gasteiger partial charge on any atom is 0.0800 e. The Morgan fingerprint density at radius 3 is 1.61 bits per heavy atom. The van der Waals surface area contributed by atoms with Crippen LogP contribution in [0.25, 0.3) is 50.2 Å². The van der Waals surface area contributed by atoms with Crippen molar-refractivity contribution < 1.29 is 0 Å². The second kappa shape index (κ2) is 14.8. The van der Waals surface area contributed by atoms with Crippen LogP contribution in [0.2, 0.25) is 0 Å². The summed E-state index contributed by atoms with van der Waals surface area (Å²) in [5.74, 6) is 0. The molecule has 0 aromatic heterocycles. The van der Waals surface area contributed by atoms with Gasteiger partial charge in [-0.3, -0.25) is 0 Å². The normalized spacial score (nSPS) is 14.1. The van der Waals surface area contributed by atoms with Gasteiger partial charge in [-0.1, -0.05) is 190 Å². The Balaban J connectivity index is 0.972. The second-order valence-corrected chi connectivity index (χ2v) is 17.4. The Hall–Kier alpha value is -8.14. The number of benzene rings is 9. The van der Waals surface area contributed by atoms with Crippen molar-refractivity contribution in [3.8, 4) is 33.4 Å². The molecule has 0 saturated carbocycles. The van der Waals surface area contributed by atoms with E-state index in [4.69, 9.17) is 6.58 Å². The average molecular weight is 820 g/mol. The van der Waals surface area contributed by atoms with Crippen molar-refractivity contribution in [3.05, 3.63) is 259 Å². The minimum absolute atomic E-state index is 0.0897. The third-order valence-corrected chi connectivity index (χ3v) is 13.5. The molecule has 9 aromatic carbocycles. The second-order valence-electron chi connectivity index (χ2n) is 17.4. The largest absolute Gasteiger partial charge is 0.310 e. The molecule has 2 heterocycles. The van der Waals surface area contributed by atoms with E-state index in [1.54, 1.807) is 0 Å². The van der Waals surface area contributed by atoms with Gasteiger partial charge in [0.15, 0.2) is 0 Å². The summed E-state index contributed by atoms with van der Waals surface area (Å²) in [7, 11) is 0. The van der Waals surface area contributed by atoms with Crippen molar-refractivity contribution in [2.24, 2.45) is 0 Å². The van der Waals surface area contributed by atoms with Crippen molar-refractivity contribution in [1.29, 1.82) is 0 Å². The molecule has 2 aliphatic heterocycles. The zero-order valence-electron chi connectivity index (χ0n) is 35.9. The van der Waals surface area contributed by atoms with Crippen LogP contribution < -0.4 is 14.9 Å². The molecule has 0 amide bonds. The van der Waals surface area contributed by atoms with E-state index < -0.39 is 0 Å². The van der Waals surface area contributed by atoms with Crippen molar-refractivity contribution in [2.45, 2.75) is 19.3 Å². The van der Waals surface area contributed by atoms with E-state index in [-0.39, 0.29) is 5.41 Å². The summed E-state index contributed by atoms with van der Waals surface area (Å²) in [6, 6.07) is 81.5. The Kier molecular flexibility index (Phi) is 8.67.